The van der Waals surface area contributed by atoms with Crippen LogP contribution in [-0.4, -0.2) is 40.1 Å². The summed E-state index contributed by atoms with van der Waals surface area (Å²) in [5, 5.41) is 10.3. The molecule has 1 N–H and O–H groups in total. The topological polar surface area (TPSA) is 67.2 Å². The van der Waals surface area contributed by atoms with Crippen LogP contribution in [0.3, 0.4) is 0 Å². The second kappa shape index (κ2) is 9.31. The highest BCUT2D eigenvalue weighted by molar-refractivity contribution is 6.30. The molecule has 34 heavy (non-hydrogen) atoms. The summed E-state index contributed by atoms with van der Waals surface area (Å²) in [6.45, 7) is 6.08. The molecule has 1 aromatic heterocycles. The Bertz CT molecular complexity index is 1350. The number of hydrogen-bond donors (Lipinski definition) is 1. The second-order valence-electron chi connectivity index (χ2n) is 9.32. The largest absolute Gasteiger partial charge is 0.332 e. The summed E-state index contributed by atoms with van der Waals surface area (Å²) in [7, 11) is 1.62. The van der Waals surface area contributed by atoms with Crippen molar-refractivity contribution in [2.24, 2.45) is 0 Å². The van der Waals surface area contributed by atoms with Crippen LogP contribution in [0.4, 0.5) is 5.82 Å². The van der Waals surface area contributed by atoms with Crippen LogP contribution in [-0.2, 0) is 10.2 Å². The molecule has 6 nitrogen and oxygen atoms in total. The molecule has 0 spiro atoms. The molecule has 0 fully saturated rings. The third-order valence-corrected chi connectivity index (χ3v) is 5.79. The van der Waals surface area contributed by atoms with Crippen molar-refractivity contribution in [3.63, 3.8) is 0 Å². The molecule has 0 saturated carbocycles. The van der Waals surface area contributed by atoms with Gasteiger partial charge in [0.1, 0.15) is 5.82 Å². The molecule has 174 valence electrons. The molecule has 0 aliphatic heterocycles. The number of nitrogens with zero attached hydrogens (tertiary/aromatic N) is 3. The van der Waals surface area contributed by atoms with Gasteiger partial charge < -0.3 is 10.2 Å². The molecule has 0 bridgehead atoms. The minimum absolute atomic E-state index is 0.0949. The Labute approximate surface area is 204 Å². The van der Waals surface area contributed by atoms with Gasteiger partial charge in [0.2, 0.25) is 5.91 Å². The normalized spacial score (nSPS) is 11.4. The lowest BCUT2D eigenvalue weighted by atomic mass is 9.92. The van der Waals surface area contributed by atoms with Gasteiger partial charge in [-0.2, -0.15) is 5.10 Å². The van der Waals surface area contributed by atoms with Crippen molar-refractivity contribution >= 4 is 40.0 Å². The number of nitrogens with one attached hydrogen (secondary N) is 1. The van der Waals surface area contributed by atoms with E-state index in [1.807, 2.05) is 54.6 Å². The number of halogens is 1. The van der Waals surface area contributed by atoms with E-state index in [0.717, 1.165) is 22.2 Å². The van der Waals surface area contributed by atoms with Crippen LogP contribution in [0, 0.1) is 0 Å². The van der Waals surface area contributed by atoms with Crippen LogP contribution in [0.5, 0.6) is 0 Å². The Morgan fingerprint density at radius 2 is 1.65 bits per heavy atom. The zero-order valence-corrected chi connectivity index (χ0v) is 20.4. The lowest BCUT2D eigenvalue weighted by molar-refractivity contribution is -0.116. The molecule has 4 rings (SSSR count). The van der Waals surface area contributed by atoms with Crippen molar-refractivity contribution in [2.75, 3.05) is 18.9 Å². The first-order valence-electron chi connectivity index (χ1n) is 11.0. The van der Waals surface area contributed by atoms with E-state index in [1.165, 1.54) is 4.90 Å². The summed E-state index contributed by atoms with van der Waals surface area (Å²) in [6.07, 6.45) is 0. The van der Waals surface area contributed by atoms with Crippen LogP contribution in [0.1, 0.15) is 36.8 Å². The monoisotopic (exact) mass is 474 g/mol. The Hall–Kier alpha value is -3.64. The van der Waals surface area contributed by atoms with Crippen molar-refractivity contribution in [2.45, 2.75) is 26.2 Å². The molecule has 0 saturated heterocycles. The number of fused-ring (bicyclic) bond motifs is 1. The SMILES string of the molecule is CN(CC(=O)Nc1cc(C(C)(C)C)nn1-c1ccc(Cl)cc1)C(=O)c1ccc2ccccc2c1. The van der Waals surface area contributed by atoms with Crippen molar-refractivity contribution < 1.29 is 9.59 Å². The van der Waals surface area contributed by atoms with Gasteiger partial charge >= 0.3 is 0 Å². The first-order chi connectivity index (χ1) is 16.1. The highest BCUT2D eigenvalue weighted by Gasteiger charge is 2.22. The highest BCUT2D eigenvalue weighted by atomic mass is 35.5. The van der Waals surface area contributed by atoms with Gasteiger partial charge in [0.05, 0.1) is 17.9 Å². The molecular weight excluding hydrogens is 448 g/mol. The van der Waals surface area contributed by atoms with Gasteiger partial charge in [-0.25, -0.2) is 4.68 Å². The smallest absolute Gasteiger partial charge is 0.254 e. The van der Waals surface area contributed by atoms with E-state index in [1.54, 1.807) is 29.9 Å². The van der Waals surface area contributed by atoms with Gasteiger partial charge in [-0.1, -0.05) is 62.7 Å². The lowest BCUT2D eigenvalue weighted by Crippen LogP contribution is -2.35. The van der Waals surface area contributed by atoms with Gasteiger partial charge in [0.15, 0.2) is 0 Å². The minimum atomic E-state index is -0.313. The van der Waals surface area contributed by atoms with E-state index in [4.69, 9.17) is 16.7 Å². The summed E-state index contributed by atoms with van der Waals surface area (Å²) in [6, 6.07) is 22.5. The average Bonchev–Trinajstić information content (AvgIpc) is 3.22. The summed E-state index contributed by atoms with van der Waals surface area (Å²) in [5.74, 6) is -0.00138. The first-order valence-corrected chi connectivity index (χ1v) is 11.4. The maximum absolute atomic E-state index is 12.9. The molecule has 4 aromatic rings. The molecule has 7 heteroatoms. The third kappa shape index (κ3) is 5.13. The fraction of sp³-hybridized carbons (Fsp3) is 0.222. The van der Waals surface area contributed by atoms with Crippen molar-refractivity contribution in [1.82, 2.24) is 14.7 Å². The maximum atomic E-state index is 12.9. The zero-order valence-electron chi connectivity index (χ0n) is 19.7. The van der Waals surface area contributed by atoms with E-state index in [-0.39, 0.29) is 23.8 Å². The van der Waals surface area contributed by atoms with E-state index in [0.29, 0.717) is 16.4 Å². The predicted octanol–water partition coefficient (Wildman–Crippen LogP) is 5.69. The zero-order chi connectivity index (χ0) is 24.5. The van der Waals surface area contributed by atoms with Crippen LogP contribution in [0.2, 0.25) is 5.02 Å². The first kappa shape index (κ1) is 23.5. The van der Waals surface area contributed by atoms with Crippen molar-refractivity contribution in [3.05, 3.63) is 89.1 Å². The number of aromatic nitrogens is 2. The Morgan fingerprint density at radius 3 is 2.32 bits per heavy atom. The molecule has 1 heterocycles. The minimum Gasteiger partial charge on any atom is -0.332 e. The second-order valence-corrected chi connectivity index (χ2v) is 9.76. The fourth-order valence-electron chi connectivity index (χ4n) is 3.63. The number of carbonyl (C=O) groups excluding carboxylic acids is 2. The molecule has 2 amide bonds. The van der Waals surface area contributed by atoms with Gasteiger partial charge in [0.25, 0.3) is 5.91 Å². The summed E-state index contributed by atoms with van der Waals surface area (Å²) in [4.78, 5) is 27.3. The van der Waals surface area contributed by atoms with E-state index in [2.05, 4.69) is 26.1 Å². The van der Waals surface area contributed by atoms with Crippen LogP contribution >= 0.6 is 11.6 Å². The quantitative estimate of drug-likeness (QED) is 0.404. The van der Waals surface area contributed by atoms with Crippen LogP contribution in [0.15, 0.2) is 72.8 Å². The summed E-state index contributed by atoms with van der Waals surface area (Å²) in [5.41, 5.74) is 1.93. The lowest BCUT2D eigenvalue weighted by Gasteiger charge is -2.17. The Balaban J connectivity index is 1.53. The standard InChI is InChI=1S/C27H27ClN4O2/c1-27(2,3)23-16-24(32(30-23)22-13-11-21(28)12-14-22)29-25(33)17-31(4)26(34)20-10-9-18-7-5-6-8-19(18)15-20/h5-16H,17H2,1-4H3,(H,29,33). The number of hydrogen-bond acceptors (Lipinski definition) is 3. The van der Waals surface area contributed by atoms with Crippen molar-refractivity contribution in [1.29, 1.82) is 0 Å². The van der Waals surface area contributed by atoms with Gasteiger partial charge in [-0.05, 0) is 47.2 Å². The molecule has 0 unspecified atom stereocenters. The predicted molar refractivity (Wildman–Crippen MR) is 137 cm³/mol. The molecule has 0 radical (unpaired) electrons. The Kier molecular flexibility index (Phi) is 6.44. The molecule has 0 aliphatic carbocycles. The number of benzene rings is 3. The maximum Gasteiger partial charge on any atom is 0.254 e. The van der Waals surface area contributed by atoms with Crippen molar-refractivity contribution in [3.8, 4) is 5.69 Å². The number of likely N-dealkylation sites (N-methyl/N-ethyl adjacent to an activating group) is 1. The number of carbonyl (C=O) groups is 2. The van der Waals surface area contributed by atoms with Gasteiger partial charge in [-0.3, -0.25) is 9.59 Å². The molecule has 0 aliphatic rings. The van der Waals surface area contributed by atoms with Crippen LogP contribution < -0.4 is 5.32 Å². The van der Waals surface area contributed by atoms with Gasteiger partial charge in [-0.15, -0.1) is 0 Å². The van der Waals surface area contributed by atoms with Crippen LogP contribution in [0.25, 0.3) is 16.5 Å². The molecule has 0 atom stereocenters. The number of anilines is 1. The average molecular weight is 475 g/mol. The van der Waals surface area contributed by atoms with E-state index >= 15 is 0 Å². The highest BCUT2D eigenvalue weighted by Crippen LogP contribution is 2.27. The number of rotatable bonds is 5. The summed E-state index contributed by atoms with van der Waals surface area (Å²) < 4.78 is 1.68. The van der Waals surface area contributed by atoms with Gasteiger partial charge in [0, 0.05) is 29.1 Å². The molecule has 3 aromatic carbocycles. The summed E-state index contributed by atoms with van der Waals surface area (Å²) >= 11 is 6.03. The number of amides is 2. The molecular formula is C27H27ClN4O2. The van der Waals surface area contributed by atoms with E-state index in [9.17, 15) is 9.59 Å². The third-order valence-electron chi connectivity index (χ3n) is 5.54. The Morgan fingerprint density at radius 1 is 0.971 bits per heavy atom. The fourth-order valence-corrected chi connectivity index (χ4v) is 3.75. The van der Waals surface area contributed by atoms with E-state index < -0.39 is 0 Å².